The van der Waals surface area contributed by atoms with E-state index in [9.17, 15) is 9.90 Å². The fourth-order valence-electron chi connectivity index (χ4n) is 2.28. The number of β-amino-alcohol motifs (C(OH)–C–C–N with tert-alkyl or cyclic N) is 1. The third-order valence-electron chi connectivity index (χ3n) is 3.65. The maximum atomic E-state index is 12.4. The van der Waals surface area contributed by atoms with Crippen LogP contribution in [0, 0.1) is 5.92 Å². The molecule has 20 heavy (non-hydrogen) atoms. The molecule has 1 aliphatic heterocycles. The van der Waals surface area contributed by atoms with Crippen molar-refractivity contribution in [1.29, 1.82) is 0 Å². The van der Waals surface area contributed by atoms with E-state index in [0.717, 1.165) is 16.3 Å². The molecule has 1 saturated heterocycles. The lowest BCUT2D eigenvalue weighted by Gasteiger charge is -2.33. The Labute approximate surface area is 125 Å². The number of amides is 1. The summed E-state index contributed by atoms with van der Waals surface area (Å²) in [7, 11) is 0. The average molecular weight is 308 g/mol. The van der Waals surface area contributed by atoms with Crippen molar-refractivity contribution in [3.8, 4) is 9.88 Å². The Morgan fingerprint density at radius 3 is 3.10 bits per heavy atom. The molecule has 0 aliphatic carbocycles. The van der Waals surface area contributed by atoms with Crippen LogP contribution in [0.25, 0.3) is 9.88 Å². The molecule has 2 atom stereocenters. The van der Waals surface area contributed by atoms with E-state index in [1.807, 2.05) is 24.4 Å². The van der Waals surface area contributed by atoms with Crippen molar-refractivity contribution >= 4 is 28.6 Å². The van der Waals surface area contributed by atoms with Gasteiger partial charge in [-0.2, -0.15) is 0 Å². The van der Waals surface area contributed by atoms with Gasteiger partial charge in [0.1, 0.15) is 9.88 Å². The average Bonchev–Trinajstić information content (AvgIpc) is 3.11. The SMILES string of the molecule is CC1CCN(C(=O)c2cnc(-c3cccs3)s2)CC1O. The molecular formula is C14H16N2O2S2. The first-order valence-electron chi connectivity index (χ1n) is 6.62. The molecule has 3 rings (SSSR count). The van der Waals surface area contributed by atoms with E-state index in [4.69, 9.17) is 0 Å². The number of aliphatic hydroxyl groups excluding tert-OH is 1. The summed E-state index contributed by atoms with van der Waals surface area (Å²) >= 11 is 3.04. The van der Waals surface area contributed by atoms with Crippen LogP contribution in [0.3, 0.4) is 0 Å². The number of thiophene rings is 1. The van der Waals surface area contributed by atoms with Gasteiger partial charge in [0.25, 0.3) is 5.91 Å². The Morgan fingerprint density at radius 2 is 2.40 bits per heavy atom. The first-order chi connectivity index (χ1) is 9.65. The highest BCUT2D eigenvalue weighted by Gasteiger charge is 2.28. The van der Waals surface area contributed by atoms with Crippen molar-refractivity contribution in [2.75, 3.05) is 13.1 Å². The van der Waals surface area contributed by atoms with Crippen LogP contribution < -0.4 is 0 Å². The highest BCUT2D eigenvalue weighted by molar-refractivity contribution is 7.21. The third-order valence-corrected chi connectivity index (χ3v) is 5.68. The second kappa shape index (κ2) is 5.63. The number of likely N-dealkylation sites (tertiary alicyclic amines) is 1. The number of hydrogen-bond acceptors (Lipinski definition) is 5. The van der Waals surface area contributed by atoms with Gasteiger partial charge in [-0.05, 0) is 23.8 Å². The van der Waals surface area contributed by atoms with Crippen LogP contribution in [-0.4, -0.2) is 40.1 Å². The van der Waals surface area contributed by atoms with Gasteiger partial charge in [0.15, 0.2) is 0 Å². The third kappa shape index (κ3) is 2.63. The summed E-state index contributed by atoms with van der Waals surface area (Å²) in [5, 5.41) is 12.8. The monoisotopic (exact) mass is 308 g/mol. The maximum absolute atomic E-state index is 12.4. The summed E-state index contributed by atoms with van der Waals surface area (Å²) in [5.41, 5.74) is 0. The zero-order valence-electron chi connectivity index (χ0n) is 11.2. The van der Waals surface area contributed by atoms with Gasteiger partial charge in [0.05, 0.1) is 17.2 Å². The van der Waals surface area contributed by atoms with Gasteiger partial charge in [-0.25, -0.2) is 4.98 Å². The molecule has 2 aromatic heterocycles. The van der Waals surface area contributed by atoms with Crippen LogP contribution >= 0.6 is 22.7 Å². The van der Waals surface area contributed by atoms with Crippen molar-refractivity contribution < 1.29 is 9.90 Å². The molecule has 106 valence electrons. The highest BCUT2D eigenvalue weighted by Crippen LogP contribution is 2.30. The minimum absolute atomic E-state index is 0.0174. The number of thiazole rings is 1. The number of rotatable bonds is 2. The molecule has 1 N–H and O–H groups in total. The van der Waals surface area contributed by atoms with Crippen molar-refractivity contribution in [3.05, 3.63) is 28.6 Å². The van der Waals surface area contributed by atoms with Gasteiger partial charge in [-0.3, -0.25) is 4.79 Å². The molecule has 4 nitrogen and oxygen atoms in total. The fourth-order valence-corrected chi connectivity index (χ4v) is 3.96. The summed E-state index contributed by atoms with van der Waals surface area (Å²) in [6.07, 6.45) is 2.08. The number of piperidine rings is 1. The minimum Gasteiger partial charge on any atom is -0.391 e. The van der Waals surface area contributed by atoms with Gasteiger partial charge in [-0.1, -0.05) is 13.0 Å². The van der Waals surface area contributed by atoms with Crippen LogP contribution in [0.1, 0.15) is 23.0 Å². The lowest BCUT2D eigenvalue weighted by atomic mass is 9.96. The predicted octanol–water partition coefficient (Wildman–Crippen LogP) is 2.71. The second-order valence-electron chi connectivity index (χ2n) is 5.09. The van der Waals surface area contributed by atoms with Crippen LogP contribution in [0.2, 0.25) is 0 Å². The molecule has 0 bridgehead atoms. The molecule has 0 saturated carbocycles. The quantitative estimate of drug-likeness (QED) is 0.928. The number of aliphatic hydroxyl groups is 1. The van der Waals surface area contributed by atoms with Crippen molar-refractivity contribution in [3.63, 3.8) is 0 Å². The largest absolute Gasteiger partial charge is 0.391 e. The van der Waals surface area contributed by atoms with Gasteiger partial charge < -0.3 is 10.0 Å². The molecule has 3 heterocycles. The van der Waals surface area contributed by atoms with E-state index in [1.165, 1.54) is 11.3 Å². The standard InChI is InChI=1S/C14H16N2O2S2/c1-9-4-5-16(8-10(9)17)14(18)12-7-15-13(20-12)11-3-2-6-19-11/h2-3,6-7,9-10,17H,4-5,8H2,1H3. The Balaban J connectivity index is 1.75. The minimum atomic E-state index is -0.419. The van der Waals surface area contributed by atoms with Gasteiger partial charge in [-0.15, -0.1) is 22.7 Å². The van der Waals surface area contributed by atoms with Crippen molar-refractivity contribution in [2.24, 2.45) is 5.92 Å². The zero-order valence-corrected chi connectivity index (χ0v) is 12.8. The molecule has 2 unspecified atom stereocenters. The summed E-state index contributed by atoms with van der Waals surface area (Å²) in [6, 6.07) is 3.98. The second-order valence-corrected chi connectivity index (χ2v) is 7.07. The number of aromatic nitrogens is 1. The molecular weight excluding hydrogens is 292 g/mol. The van der Waals surface area contributed by atoms with E-state index in [-0.39, 0.29) is 11.8 Å². The molecule has 6 heteroatoms. The lowest BCUT2D eigenvalue weighted by molar-refractivity contribution is 0.0251. The van der Waals surface area contributed by atoms with Gasteiger partial charge in [0, 0.05) is 13.1 Å². The smallest absolute Gasteiger partial charge is 0.265 e. The number of nitrogens with zero attached hydrogens (tertiary/aromatic N) is 2. The number of carbonyl (C=O) groups excluding carboxylic acids is 1. The molecule has 1 aliphatic rings. The van der Waals surface area contributed by atoms with E-state index in [2.05, 4.69) is 4.98 Å². The first-order valence-corrected chi connectivity index (χ1v) is 8.32. The van der Waals surface area contributed by atoms with Crippen molar-refractivity contribution in [1.82, 2.24) is 9.88 Å². The van der Waals surface area contributed by atoms with E-state index in [0.29, 0.717) is 18.0 Å². The van der Waals surface area contributed by atoms with E-state index >= 15 is 0 Å². The van der Waals surface area contributed by atoms with Gasteiger partial charge in [0.2, 0.25) is 0 Å². The number of carbonyl (C=O) groups is 1. The van der Waals surface area contributed by atoms with Crippen LogP contribution in [0.15, 0.2) is 23.7 Å². The normalized spacial score (nSPS) is 23.0. The van der Waals surface area contributed by atoms with Gasteiger partial charge >= 0.3 is 0 Å². The van der Waals surface area contributed by atoms with Crippen LogP contribution in [0.4, 0.5) is 0 Å². The Hall–Kier alpha value is -1.24. The maximum Gasteiger partial charge on any atom is 0.265 e. The van der Waals surface area contributed by atoms with E-state index in [1.54, 1.807) is 22.4 Å². The summed E-state index contributed by atoms with van der Waals surface area (Å²) in [6.45, 7) is 3.16. The molecule has 0 aromatic carbocycles. The molecule has 1 fully saturated rings. The molecule has 1 amide bonds. The Morgan fingerprint density at radius 1 is 1.55 bits per heavy atom. The zero-order chi connectivity index (χ0) is 14.1. The topological polar surface area (TPSA) is 53.4 Å². The summed E-state index contributed by atoms with van der Waals surface area (Å²) < 4.78 is 0. The molecule has 0 radical (unpaired) electrons. The Kier molecular flexibility index (Phi) is 3.87. The van der Waals surface area contributed by atoms with Crippen molar-refractivity contribution in [2.45, 2.75) is 19.4 Å². The highest BCUT2D eigenvalue weighted by atomic mass is 32.1. The lowest BCUT2D eigenvalue weighted by Crippen LogP contribution is -2.45. The summed E-state index contributed by atoms with van der Waals surface area (Å²) in [4.78, 5) is 20.2. The fraction of sp³-hybridized carbons (Fsp3) is 0.429. The first kappa shape index (κ1) is 13.7. The molecule has 0 spiro atoms. The van der Waals surface area contributed by atoms with E-state index < -0.39 is 6.10 Å². The number of hydrogen-bond donors (Lipinski definition) is 1. The summed E-state index contributed by atoms with van der Waals surface area (Å²) in [5.74, 6) is 0.249. The van der Waals surface area contributed by atoms with Crippen LogP contribution in [-0.2, 0) is 0 Å². The Bertz CT molecular complexity index is 594. The predicted molar refractivity (Wildman–Crippen MR) is 81.1 cm³/mol. The molecule has 2 aromatic rings. The van der Waals surface area contributed by atoms with Crippen LogP contribution in [0.5, 0.6) is 0 Å².